The first-order valence-corrected chi connectivity index (χ1v) is 9.40. The molecule has 0 heterocycles. The van der Waals surface area contributed by atoms with Crippen molar-refractivity contribution in [2.75, 3.05) is 13.7 Å². The van der Waals surface area contributed by atoms with Crippen LogP contribution in [0.25, 0.3) is 0 Å². The van der Waals surface area contributed by atoms with Crippen LogP contribution in [0.15, 0.2) is 29.2 Å². The molecule has 0 bridgehead atoms. The van der Waals surface area contributed by atoms with Crippen LogP contribution < -0.4 is 5.14 Å². The minimum atomic E-state index is -3.76. The second-order valence-electron chi connectivity index (χ2n) is 7.05. The Morgan fingerprint density at radius 3 is 2.12 bits per heavy atom. The number of hydrogen-bond acceptors (Lipinski definition) is 5. The second-order valence-corrected chi connectivity index (χ2v) is 8.61. The highest BCUT2D eigenvalue weighted by molar-refractivity contribution is 7.89. The van der Waals surface area contributed by atoms with Crippen LogP contribution in [0, 0.1) is 11.3 Å². The number of rotatable bonds is 6. The Labute approximate surface area is 149 Å². The summed E-state index contributed by atoms with van der Waals surface area (Å²) in [7, 11) is -2.46. The third-order valence-electron chi connectivity index (χ3n) is 3.65. The van der Waals surface area contributed by atoms with Crippen molar-refractivity contribution in [1.82, 2.24) is 4.90 Å². The fourth-order valence-corrected chi connectivity index (χ4v) is 2.82. The summed E-state index contributed by atoms with van der Waals surface area (Å²) < 4.78 is 27.4. The summed E-state index contributed by atoms with van der Waals surface area (Å²) in [6.45, 7) is 7.56. The van der Waals surface area contributed by atoms with Gasteiger partial charge in [-0.1, -0.05) is 39.8 Å². The zero-order valence-electron chi connectivity index (χ0n) is 15.3. The van der Waals surface area contributed by atoms with Crippen LogP contribution in [-0.4, -0.2) is 38.8 Å². The van der Waals surface area contributed by atoms with Gasteiger partial charge in [0.2, 0.25) is 15.9 Å². The molecule has 0 aliphatic heterocycles. The van der Waals surface area contributed by atoms with Gasteiger partial charge in [0.05, 0.1) is 17.9 Å². The largest absolute Gasteiger partial charge is 0.469 e. The number of nitrogens with zero attached hydrogens (tertiary/aromatic N) is 1. The molecular weight excluding hydrogens is 344 g/mol. The average molecular weight is 370 g/mol. The molecule has 2 N–H and O–H groups in total. The minimum Gasteiger partial charge on any atom is -0.469 e. The zero-order chi connectivity index (χ0) is 19.4. The van der Waals surface area contributed by atoms with Crippen LogP contribution in [-0.2, 0) is 30.9 Å². The van der Waals surface area contributed by atoms with Crippen LogP contribution in [0.2, 0.25) is 0 Å². The molecule has 7 nitrogen and oxygen atoms in total. The molecule has 0 radical (unpaired) electrons. The molecule has 1 aromatic rings. The number of amides is 1. The standard InChI is InChI=1S/C17H26N2O5S/c1-12(15(20)24-5)10-19(16(21)17(2,3)4)11-13-6-8-14(9-7-13)25(18,22)23/h6-9,12H,10-11H2,1-5H3,(H2,18,22,23). The maximum absolute atomic E-state index is 12.7. The van der Waals surface area contributed by atoms with Crippen LogP contribution in [0.4, 0.5) is 0 Å². The Hall–Kier alpha value is -1.93. The molecule has 0 aliphatic rings. The molecule has 8 heteroatoms. The highest BCUT2D eigenvalue weighted by atomic mass is 32.2. The molecule has 0 saturated carbocycles. The first kappa shape index (κ1) is 21.1. The number of carbonyl (C=O) groups excluding carboxylic acids is 2. The van der Waals surface area contributed by atoms with Gasteiger partial charge >= 0.3 is 5.97 Å². The van der Waals surface area contributed by atoms with E-state index in [2.05, 4.69) is 0 Å². The Morgan fingerprint density at radius 2 is 1.72 bits per heavy atom. The number of sulfonamides is 1. The predicted octanol–water partition coefficient (Wildman–Crippen LogP) is 1.52. The first-order valence-electron chi connectivity index (χ1n) is 7.85. The molecule has 1 atom stereocenters. The van der Waals surface area contributed by atoms with Crippen molar-refractivity contribution in [3.05, 3.63) is 29.8 Å². The van der Waals surface area contributed by atoms with Gasteiger partial charge in [-0.15, -0.1) is 0 Å². The summed E-state index contributed by atoms with van der Waals surface area (Å²) in [4.78, 5) is 26.0. The average Bonchev–Trinajstić information content (AvgIpc) is 2.51. The fraction of sp³-hybridized carbons (Fsp3) is 0.529. The van der Waals surface area contributed by atoms with E-state index in [0.717, 1.165) is 5.56 Å². The molecular formula is C17H26N2O5S. The molecule has 0 spiro atoms. The van der Waals surface area contributed by atoms with E-state index in [1.54, 1.807) is 44.7 Å². The van der Waals surface area contributed by atoms with Gasteiger partial charge in [0.1, 0.15) is 0 Å². The first-order chi connectivity index (χ1) is 11.4. The Kier molecular flexibility index (Phi) is 6.73. The van der Waals surface area contributed by atoms with Crippen molar-refractivity contribution in [2.24, 2.45) is 16.5 Å². The Bertz CT molecular complexity index is 720. The van der Waals surface area contributed by atoms with Gasteiger partial charge in [-0.25, -0.2) is 13.6 Å². The lowest BCUT2D eigenvalue weighted by Gasteiger charge is -2.31. The van der Waals surface area contributed by atoms with E-state index in [0.29, 0.717) is 0 Å². The van der Waals surface area contributed by atoms with Gasteiger partial charge in [0, 0.05) is 18.5 Å². The van der Waals surface area contributed by atoms with E-state index in [-0.39, 0.29) is 23.9 Å². The van der Waals surface area contributed by atoms with Crippen molar-refractivity contribution in [1.29, 1.82) is 0 Å². The van der Waals surface area contributed by atoms with Gasteiger partial charge in [0.25, 0.3) is 0 Å². The van der Waals surface area contributed by atoms with E-state index < -0.39 is 27.3 Å². The summed E-state index contributed by atoms with van der Waals surface area (Å²) in [6.07, 6.45) is 0. The van der Waals surface area contributed by atoms with Crippen molar-refractivity contribution in [2.45, 2.75) is 39.1 Å². The summed E-state index contributed by atoms with van der Waals surface area (Å²) in [5, 5.41) is 5.08. The third-order valence-corrected chi connectivity index (χ3v) is 4.58. The van der Waals surface area contributed by atoms with Gasteiger partial charge in [-0.2, -0.15) is 0 Å². The summed E-state index contributed by atoms with van der Waals surface area (Å²) in [6, 6.07) is 6.00. The van der Waals surface area contributed by atoms with E-state index in [1.165, 1.54) is 19.2 Å². The highest BCUT2D eigenvalue weighted by Crippen LogP contribution is 2.21. The van der Waals surface area contributed by atoms with Crippen molar-refractivity contribution in [3.63, 3.8) is 0 Å². The number of ether oxygens (including phenoxy) is 1. The molecule has 140 valence electrons. The van der Waals surface area contributed by atoms with E-state index in [1.807, 2.05) is 0 Å². The molecule has 1 rings (SSSR count). The highest BCUT2D eigenvalue weighted by Gasteiger charge is 2.30. The van der Waals surface area contributed by atoms with Gasteiger partial charge < -0.3 is 9.64 Å². The molecule has 0 saturated heterocycles. The van der Waals surface area contributed by atoms with E-state index >= 15 is 0 Å². The molecule has 1 unspecified atom stereocenters. The zero-order valence-corrected chi connectivity index (χ0v) is 16.1. The van der Waals surface area contributed by atoms with Crippen LogP contribution >= 0.6 is 0 Å². The molecule has 25 heavy (non-hydrogen) atoms. The third kappa shape index (κ3) is 6.13. The summed E-state index contributed by atoms with van der Waals surface area (Å²) in [5.41, 5.74) is 0.123. The maximum atomic E-state index is 12.7. The van der Waals surface area contributed by atoms with E-state index in [4.69, 9.17) is 9.88 Å². The van der Waals surface area contributed by atoms with Gasteiger partial charge in [-0.05, 0) is 17.7 Å². The molecule has 1 amide bonds. The number of benzene rings is 1. The number of methoxy groups -OCH3 is 1. The number of hydrogen-bond donors (Lipinski definition) is 1. The molecule has 0 fully saturated rings. The van der Waals surface area contributed by atoms with Gasteiger partial charge in [-0.3, -0.25) is 9.59 Å². The minimum absolute atomic E-state index is 0.00729. The quantitative estimate of drug-likeness (QED) is 0.764. The predicted molar refractivity (Wildman–Crippen MR) is 93.9 cm³/mol. The van der Waals surface area contributed by atoms with Crippen LogP contribution in [0.1, 0.15) is 33.3 Å². The molecule has 0 aliphatic carbocycles. The number of carbonyl (C=O) groups is 2. The van der Waals surface area contributed by atoms with Crippen molar-refractivity contribution in [3.8, 4) is 0 Å². The number of esters is 1. The second kappa shape index (κ2) is 7.97. The summed E-state index contributed by atoms with van der Waals surface area (Å²) >= 11 is 0. The lowest BCUT2D eigenvalue weighted by atomic mass is 9.94. The maximum Gasteiger partial charge on any atom is 0.310 e. The Morgan fingerprint density at radius 1 is 1.20 bits per heavy atom. The fourth-order valence-electron chi connectivity index (χ4n) is 2.30. The molecule has 1 aromatic carbocycles. The van der Waals surface area contributed by atoms with Crippen LogP contribution in [0.5, 0.6) is 0 Å². The monoisotopic (exact) mass is 370 g/mol. The van der Waals surface area contributed by atoms with Crippen molar-refractivity contribution >= 4 is 21.9 Å². The smallest absolute Gasteiger partial charge is 0.310 e. The lowest BCUT2D eigenvalue weighted by Crippen LogP contribution is -2.42. The Balaban J connectivity index is 3.04. The number of nitrogens with two attached hydrogens (primary N) is 1. The van der Waals surface area contributed by atoms with Crippen LogP contribution in [0.3, 0.4) is 0 Å². The SMILES string of the molecule is COC(=O)C(C)CN(Cc1ccc(S(N)(=O)=O)cc1)C(=O)C(C)(C)C. The normalized spacial score (nSPS) is 13.2. The van der Waals surface area contributed by atoms with Gasteiger partial charge in [0.15, 0.2) is 0 Å². The van der Waals surface area contributed by atoms with Crippen molar-refractivity contribution < 1.29 is 22.7 Å². The topological polar surface area (TPSA) is 107 Å². The molecule has 0 aromatic heterocycles. The van der Waals surface area contributed by atoms with E-state index in [9.17, 15) is 18.0 Å². The number of primary sulfonamides is 1. The summed E-state index contributed by atoms with van der Waals surface area (Å²) in [5.74, 6) is -0.977. The lowest BCUT2D eigenvalue weighted by molar-refractivity contribution is -0.148.